The van der Waals surface area contributed by atoms with Gasteiger partial charge in [0.2, 0.25) is 0 Å². The van der Waals surface area contributed by atoms with Crippen LogP contribution in [0.1, 0.15) is 42.3 Å². The van der Waals surface area contributed by atoms with Gasteiger partial charge in [-0.1, -0.05) is 25.9 Å². The maximum Gasteiger partial charge on any atom is 0.258 e. The fourth-order valence-corrected chi connectivity index (χ4v) is 3.03. The minimum Gasteiger partial charge on any atom is -0.365 e. The number of pyridine rings is 1. The predicted molar refractivity (Wildman–Crippen MR) is 92.6 cm³/mol. The van der Waals surface area contributed by atoms with E-state index < -0.39 is 0 Å². The molecule has 0 aromatic carbocycles. The van der Waals surface area contributed by atoms with Crippen molar-refractivity contribution in [2.45, 2.75) is 39.7 Å². The van der Waals surface area contributed by atoms with Gasteiger partial charge in [0.15, 0.2) is 5.82 Å². The molecule has 3 aromatic rings. The Labute approximate surface area is 139 Å². The zero-order valence-electron chi connectivity index (χ0n) is 13.5. The number of nitrogens with zero attached hydrogens (tertiary/aromatic N) is 3. The average molecular weight is 328 g/mol. The Hall–Kier alpha value is -2.21. The Kier molecular flexibility index (Phi) is 4.71. The predicted octanol–water partition coefficient (Wildman–Crippen LogP) is 4.49. The SMILES string of the molecule is CCc1ccc(CNc2cc(-c3nc(C(C)C)no3)ccn2)s1. The number of rotatable bonds is 6. The van der Waals surface area contributed by atoms with E-state index in [0.29, 0.717) is 5.89 Å². The lowest BCUT2D eigenvalue weighted by Crippen LogP contribution is -1.99. The van der Waals surface area contributed by atoms with Crippen LogP contribution in [0.5, 0.6) is 0 Å². The van der Waals surface area contributed by atoms with Crippen molar-refractivity contribution in [1.29, 1.82) is 0 Å². The molecule has 120 valence electrons. The van der Waals surface area contributed by atoms with Crippen molar-refractivity contribution in [1.82, 2.24) is 15.1 Å². The molecule has 0 amide bonds. The normalized spacial score (nSPS) is 11.1. The third-order valence-electron chi connectivity index (χ3n) is 3.47. The van der Waals surface area contributed by atoms with Gasteiger partial charge in [0, 0.05) is 27.4 Å². The molecular weight excluding hydrogens is 308 g/mol. The van der Waals surface area contributed by atoms with Gasteiger partial charge in [0.05, 0.1) is 6.54 Å². The molecule has 0 atom stereocenters. The first-order valence-electron chi connectivity index (χ1n) is 7.77. The van der Waals surface area contributed by atoms with E-state index in [1.807, 2.05) is 37.3 Å². The van der Waals surface area contributed by atoms with Crippen LogP contribution in [-0.2, 0) is 13.0 Å². The van der Waals surface area contributed by atoms with Gasteiger partial charge in [0.25, 0.3) is 5.89 Å². The largest absolute Gasteiger partial charge is 0.365 e. The summed E-state index contributed by atoms with van der Waals surface area (Å²) in [4.78, 5) is 11.5. The number of hydrogen-bond donors (Lipinski definition) is 1. The molecule has 0 aliphatic rings. The quantitative estimate of drug-likeness (QED) is 0.722. The van der Waals surface area contributed by atoms with Gasteiger partial charge in [-0.15, -0.1) is 11.3 Å². The molecule has 3 aromatic heterocycles. The number of aryl methyl sites for hydroxylation is 1. The summed E-state index contributed by atoms with van der Waals surface area (Å²) in [6, 6.07) is 8.15. The highest BCUT2D eigenvalue weighted by Crippen LogP contribution is 2.23. The third-order valence-corrected chi connectivity index (χ3v) is 4.70. The van der Waals surface area contributed by atoms with Crippen molar-refractivity contribution in [3.05, 3.63) is 46.0 Å². The lowest BCUT2D eigenvalue weighted by Gasteiger charge is -2.04. The van der Waals surface area contributed by atoms with Gasteiger partial charge in [-0.3, -0.25) is 0 Å². The van der Waals surface area contributed by atoms with E-state index in [4.69, 9.17) is 4.52 Å². The third kappa shape index (κ3) is 3.76. The topological polar surface area (TPSA) is 63.8 Å². The van der Waals surface area contributed by atoms with Crippen LogP contribution in [0.3, 0.4) is 0 Å². The average Bonchev–Trinajstić information content (AvgIpc) is 3.22. The molecule has 0 radical (unpaired) electrons. The summed E-state index contributed by atoms with van der Waals surface area (Å²) in [5.41, 5.74) is 0.877. The van der Waals surface area contributed by atoms with Crippen molar-refractivity contribution in [2.75, 3.05) is 5.32 Å². The number of aromatic nitrogens is 3. The molecule has 0 aliphatic carbocycles. The lowest BCUT2D eigenvalue weighted by atomic mass is 10.2. The number of thiophene rings is 1. The minimum absolute atomic E-state index is 0.249. The molecule has 23 heavy (non-hydrogen) atoms. The zero-order valence-corrected chi connectivity index (χ0v) is 14.4. The fraction of sp³-hybridized carbons (Fsp3) is 0.353. The highest BCUT2D eigenvalue weighted by molar-refractivity contribution is 7.12. The van der Waals surface area contributed by atoms with Crippen LogP contribution in [0.2, 0.25) is 0 Å². The Bertz CT molecular complexity index is 778. The summed E-state index contributed by atoms with van der Waals surface area (Å²) < 4.78 is 5.33. The molecule has 1 N–H and O–H groups in total. The van der Waals surface area contributed by atoms with Crippen LogP contribution in [-0.4, -0.2) is 15.1 Å². The Morgan fingerprint density at radius 3 is 2.74 bits per heavy atom. The zero-order chi connectivity index (χ0) is 16.2. The smallest absolute Gasteiger partial charge is 0.258 e. The second-order valence-electron chi connectivity index (χ2n) is 5.62. The summed E-state index contributed by atoms with van der Waals surface area (Å²) in [5, 5.41) is 7.35. The monoisotopic (exact) mass is 328 g/mol. The van der Waals surface area contributed by atoms with E-state index in [1.54, 1.807) is 6.20 Å². The highest BCUT2D eigenvalue weighted by atomic mass is 32.1. The molecule has 0 saturated heterocycles. The molecule has 3 rings (SSSR count). The molecule has 6 heteroatoms. The van der Waals surface area contributed by atoms with Crippen LogP contribution in [0.25, 0.3) is 11.5 Å². The van der Waals surface area contributed by atoms with Crippen molar-refractivity contribution >= 4 is 17.2 Å². The maximum atomic E-state index is 5.33. The molecule has 0 saturated carbocycles. The first-order chi connectivity index (χ1) is 11.2. The molecule has 0 fully saturated rings. The standard InChI is InChI=1S/C17H20N4OS/c1-4-13-5-6-14(23-13)10-19-15-9-12(7-8-18-15)17-20-16(11(2)3)21-22-17/h5-9,11H,4,10H2,1-3H3,(H,18,19). The van der Waals surface area contributed by atoms with E-state index >= 15 is 0 Å². The van der Waals surface area contributed by atoms with Gasteiger partial charge < -0.3 is 9.84 Å². The second kappa shape index (κ2) is 6.91. The summed E-state index contributed by atoms with van der Waals surface area (Å²) >= 11 is 1.83. The Morgan fingerprint density at radius 1 is 1.22 bits per heavy atom. The molecule has 3 heterocycles. The van der Waals surface area contributed by atoms with E-state index in [2.05, 4.69) is 39.5 Å². The van der Waals surface area contributed by atoms with E-state index in [0.717, 1.165) is 30.2 Å². The second-order valence-corrected chi connectivity index (χ2v) is 6.87. The summed E-state index contributed by atoms with van der Waals surface area (Å²) in [6.45, 7) is 7.02. The van der Waals surface area contributed by atoms with Crippen molar-refractivity contribution in [2.24, 2.45) is 0 Å². The molecule has 5 nitrogen and oxygen atoms in total. The summed E-state index contributed by atoms with van der Waals surface area (Å²) in [7, 11) is 0. The molecular formula is C17H20N4OS. The van der Waals surface area contributed by atoms with Crippen molar-refractivity contribution < 1.29 is 4.52 Å². The van der Waals surface area contributed by atoms with Crippen molar-refractivity contribution in [3.63, 3.8) is 0 Å². The highest BCUT2D eigenvalue weighted by Gasteiger charge is 2.12. The number of hydrogen-bond acceptors (Lipinski definition) is 6. The molecule has 0 spiro atoms. The van der Waals surface area contributed by atoms with Gasteiger partial charge >= 0.3 is 0 Å². The van der Waals surface area contributed by atoms with Crippen LogP contribution in [0.4, 0.5) is 5.82 Å². The van der Waals surface area contributed by atoms with E-state index in [9.17, 15) is 0 Å². The van der Waals surface area contributed by atoms with Crippen LogP contribution >= 0.6 is 11.3 Å². The summed E-state index contributed by atoms with van der Waals surface area (Å²) in [6.07, 6.45) is 2.83. The molecule has 0 aliphatic heterocycles. The molecule has 0 bridgehead atoms. The van der Waals surface area contributed by atoms with E-state index in [-0.39, 0.29) is 5.92 Å². The minimum atomic E-state index is 0.249. The lowest BCUT2D eigenvalue weighted by molar-refractivity contribution is 0.419. The van der Waals surface area contributed by atoms with Crippen LogP contribution in [0.15, 0.2) is 35.0 Å². The maximum absolute atomic E-state index is 5.33. The van der Waals surface area contributed by atoms with Crippen LogP contribution < -0.4 is 5.32 Å². The molecule has 0 unspecified atom stereocenters. The number of anilines is 1. The van der Waals surface area contributed by atoms with Gasteiger partial charge in [-0.05, 0) is 30.7 Å². The van der Waals surface area contributed by atoms with Crippen LogP contribution in [0, 0.1) is 0 Å². The fourth-order valence-electron chi connectivity index (χ4n) is 2.13. The van der Waals surface area contributed by atoms with Gasteiger partial charge in [0.1, 0.15) is 5.82 Å². The number of nitrogens with one attached hydrogen (secondary N) is 1. The Balaban J connectivity index is 1.71. The first kappa shape index (κ1) is 15.7. The van der Waals surface area contributed by atoms with Crippen molar-refractivity contribution in [3.8, 4) is 11.5 Å². The first-order valence-corrected chi connectivity index (χ1v) is 8.59. The Morgan fingerprint density at radius 2 is 2.04 bits per heavy atom. The summed E-state index contributed by atoms with van der Waals surface area (Å²) in [5.74, 6) is 2.30. The van der Waals surface area contributed by atoms with E-state index in [1.165, 1.54) is 9.75 Å². The van der Waals surface area contributed by atoms with Gasteiger partial charge in [-0.2, -0.15) is 4.98 Å². The van der Waals surface area contributed by atoms with Gasteiger partial charge in [-0.25, -0.2) is 4.98 Å².